The zero-order valence-electron chi connectivity index (χ0n) is 12.0. The SMILES string of the molecule is Cc1cc2c(N3CCc4cccc(N)c4C3)nccn2n1. The topological polar surface area (TPSA) is 59.5 Å². The Bertz CT molecular complexity index is 821. The number of hydrogen-bond acceptors (Lipinski definition) is 4. The van der Waals surface area contributed by atoms with E-state index in [1.54, 1.807) is 6.20 Å². The highest BCUT2D eigenvalue weighted by Gasteiger charge is 2.21. The first kappa shape index (κ1) is 12.2. The van der Waals surface area contributed by atoms with Gasteiger partial charge < -0.3 is 10.6 Å². The number of fused-ring (bicyclic) bond motifs is 2. The van der Waals surface area contributed by atoms with Crippen molar-refractivity contribution in [3.63, 3.8) is 0 Å². The van der Waals surface area contributed by atoms with Crippen LogP contribution in [0, 0.1) is 6.92 Å². The number of nitrogens with zero attached hydrogens (tertiary/aromatic N) is 4. The molecule has 0 atom stereocenters. The molecule has 0 spiro atoms. The lowest BCUT2D eigenvalue weighted by Gasteiger charge is -2.30. The summed E-state index contributed by atoms with van der Waals surface area (Å²) in [5, 5.41) is 4.46. The standard InChI is InChI=1S/C16H17N5/c1-11-9-15-16(18-6-8-21(15)19-11)20-7-5-12-3-2-4-14(17)13(12)10-20/h2-4,6,8-9H,5,7,10,17H2,1H3. The molecule has 4 rings (SSSR count). The van der Waals surface area contributed by atoms with E-state index >= 15 is 0 Å². The van der Waals surface area contributed by atoms with Crippen LogP contribution in [0.3, 0.4) is 0 Å². The molecule has 5 heteroatoms. The summed E-state index contributed by atoms with van der Waals surface area (Å²) in [6.45, 7) is 3.76. The molecule has 0 saturated carbocycles. The van der Waals surface area contributed by atoms with Gasteiger partial charge >= 0.3 is 0 Å². The lowest BCUT2D eigenvalue weighted by atomic mass is 9.98. The third-order valence-corrected chi connectivity index (χ3v) is 4.10. The van der Waals surface area contributed by atoms with Gasteiger partial charge in [-0.1, -0.05) is 12.1 Å². The van der Waals surface area contributed by atoms with Crippen molar-refractivity contribution in [3.05, 3.63) is 53.5 Å². The Morgan fingerprint density at radius 2 is 2.19 bits per heavy atom. The number of nitrogen functional groups attached to an aromatic ring is 1. The van der Waals surface area contributed by atoms with Crippen LogP contribution in [0.1, 0.15) is 16.8 Å². The molecule has 5 nitrogen and oxygen atoms in total. The Kier molecular flexibility index (Phi) is 2.60. The van der Waals surface area contributed by atoms with Crippen molar-refractivity contribution in [2.75, 3.05) is 17.2 Å². The average molecular weight is 279 g/mol. The zero-order valence-corrected chi connectivity index (χ0v) is 12.0. The van der Waals surface area contributed by atoms with Gasteiger partial charge in [0.05, 0.1) is 5.69 Å². The molecule has 0 amide bonds. The molecular formula is C16H17N5. The molecule has 0 fully saturated rings. The fraction of sp³-hybridized carbons (Fsp3) is 0.250. The van der Waals surface area contributed by atoms with Crippen LogP contribution in [0.5, 0.6) is 0 Å². The summed E-state index contributed by atoms with van der Waals surface area (Å²) >= 11 is 0. The average Bonchev–Trinajstić information content (AvgIpc) is 2.87. The fourth-order valence-corrected chi connectivity index (χ4v) is 3.06. The molecule has 1 aliphatic rings. The summed E-state index contributed by atoms with van der Waals surface area (Å²) in [6, 6.07) is 8.24. The first-order valence-electron chi connectivity index (χ1n) is 7.14. The number of hydrogen-bond donors (Lipinski definition) is 1. The first-order valence-corrected chi connectivity index (χ1v) is 7.14. The summed E-state index contributed by atoms with van der Waals surface area (Å²) in [4.78, 5) is 6.86. The zero-order chi connectivity index (χ0) is 14.4. The van der Waals surface area contributed by atoms with Crippen LogP contribution in [-0.2, 0) is 13.0 Å². The second-order valence-corrected chi connectivity index (χ2v) is 5.52. The predicted octanol–water partition coefficient (Wildman–Crippen LogP) is 2.18. The summed E-state index contributed by atoms with van der Waals surface area (Å²) in [7, 11) is 0. The summed E-state index contributed by atoms with van der Waals surface area (Å²) in [5.74, 6) is 0.979. The minimum atomic E-state index is 0.804. The first-order chi connectivity index (χ1) is 10.2. The maximum Gasteiger partial charge on any atom is 0.155 e. The molecule has 0 bridgehead atoms. The Morgan fingerprint density at radius 3 is 3.10 bits per heavy atom. The molecule has 2 N–H and O–H groups in total. The molecular weight excluding hydrogens is 262 g/mol. The van der Waals surface area contributed by atoms with E-state index < -0.39 is 0 Å². The molecule has 1 aliphatic heterocycles. The third kappa shape index (κ3) is 1.93. The summed E-state index contributed by atoms with van der Waals surface area (Å²) in [6.07, 6.45) is 4.69. The van der Waals surface area contributed by atoms with E-state index in [4.69, 9.17) is 5.73 Å². The Labute approximate surface area is 123 Å². The van der Waals surface area contributed by atoms with E-state index in [9.17, 15) is 0 Å². The second kappa shape index (κ2) is 4.48. The van der Waals surface area contributed by atoms with E-state index in [2.05, 4.69) is 27.1 Å². The number of nitrogens with two attached hydrogens (primary N) is 1. The second-order valence-electron chi connectivity index (χ2n) is 5.52. The van der Waals surface area contributed by atoms with Crippen LogP contribution in [0.2, 0.25) is 0 Å². The molecule has 21 heavy (non-hydrogen) atoms. The molecule has 3 aromatic rings. The number of aryl methyl sites for hydroxylation is 1. The van der Waals surface area contributed by atoms with Crippen LogP contribution in [0.25, 0.3) is 5.52 Å². The van der Waals surface area contributed by atoms with E-state index in [0.29, 0.717) is 0 Å². The van der Waals surface area contributed by atoms with Crippen LogP contribution in [0.15, 0.2) is 36.7 Å². The van der Waals surface area contributed by atoms with Gasteiger partial charge in [-0.15, -0.1) is 0 Å². The van der Waals surface area contributed by atoms with E-state index in [0.717, 1.165) is 42.2 Å². The van der Waals surface area contributed by atoms with Crippen molar-refractivity contribution in [1.82, 2.24) is 14.6 Å². The van der Waals surface area contributed by atoms with Crippen molar-refractivity contribution < 1.29 is 0 Å². The van der Waals surface area contributed by atoms with E-state index in [1.165, 1.54) is 11.1 Å². The van der Waals surface area contributed by atoms with Gasteiger partial charge in [0.15, 0.2) is 5.82 Å². The molecule has 0 unspecified atom stereocenters. The Balaban J connectivity index is 1.79. The van der Waals surface area contributed by atoms with Gasteiger partial charge in [-0.3, -0.25) is 0 Å². The summed E-state index contributed by atoms with van der Waals surface area (Å²) < 4.78 is 1.89. The third-order valence-electron chi connectivity index (χ3n) is 4.10. The molecule has 106 valence electrons. The highest BCUT2D eigenvalue weighted by Crippen LogP contribution is 2.29. The molecule has 1 aromatic carbocycles. The highest BCUT2D eigenvalue weighted by molar-refractivity contribution is 5.70. The minimum absolute atomic E-state index is 0.804. The monoisotopic (exact) mass is 279 g/mol. The van der Waals surface area contributed by atoms with Crippen LogP contribution in [-0.4, -0.2) is 21.1 Å². The number of benzene rings is 1. The van der Waals surface area contributed by atoms with Gasteiger partial charge in [-0.25, -0.2) is 9.50 Å². The predicted molar refractivity (Wildman–Crippen MR) is 83.3 cm³/mol. The lowest BCUT2D eigenvalue weighted by Crippen LogP contribution is -2.32. The Hall–Kier alpha value is -2.56. The quantitative estimate of drug-likeness (QED) is 0.694. The van der Waals surface area contributed by atoms with Crippen molar-refractivity contribution in [1.29, 1.82) is 0 Å². The highest BCUT2D eigenvalue weighted by atomic mass is 15.3. The fourth-order valence-electron chi connectivity index (χ4n) is 3.06. The minimum Gasteiger partial charge on any atom is -0.398 e. The van der Waals surface area contributed by atoms with Crippen LogP contribution >= 0.6 is 0 Å². The van der Waals surface area contributed by atoms with Crippen molar-refractivity contribution in [2.45, 2.75) is 19.9 Å². The van der Waals surface area contributed by atoms with Gasteiger partial charge in [-0.2, -0.15) is 5.10 Å². The number of rotatable bonds is 1. The normalized spacial score (nSPS) is 14.4. The van der Waals surface area contributed by atoms with Gasteiger partial charge in [0.25, 0.3) is 0 Å². The maximum atomic E-state index is 6.13. The largest absolute Gasteiger partial charge is 0.398 e. The smallest absolute Gasteiger partial charge is 0.155 e. The molecule has 0 aliphatic carbocycles. The number of aromatic nitrogens is 3. The van der Waals surface area contributed by atoms with E-state index in [1.807, 2.05) is 29.8 Å². The van der Waals surface area contributed by atoms with Gasteiger partial charge in [0.1, 0.15) is 5.52 Å². The molecule has 2 aromatic heterocycles. The van der Waals surface area contributed by atoms with Crippen molar-refractivity contribution in [3.8, 4) is 0 Å². The van der Waals surface area contributed by atoms with Crippen LogP contribution in [0.4, 0.5) is 11.5 Å². The molecule has 3 heterocycles. The van der Waals surface area contributed by atoms with Crippen molar-refractivity contribution in [2.24, 2.45) is 0 Å². The lowest BCUT2D eigenvalue weighted by molar-refractivity contribution is 0.721. The van der Waals surface area contributed by atoms with Gasteiger partial charge in [0, 0.05) is 31.2 Å². The van der Waals surface area contributed by atoms with Gasteiger partial charge in [-0.05, 0) is 36.6 Å². The summed E-state index contributed by atoms with van der Waals surface area (Å²) in [5.41, 5.74) is 11.6. The molecule has 0 saturated heterocycles. The van der Waals surface area contributed by atoms with Crippen molar-refractivity contribution >= 4 is 17.0 Å². The number of anilines is 2. The maximum absolute atomic E-state index is 6.13. The van der Waals surface area contributed by atoms with Crippen LogP contribution < -0.4 is 10.6 Å². The van der Waals surface area contributed by atoms with Gasteiger partial charge in [0.2, 0.25) is 0 Å². The molecule has 0 radical (unpaired) electrons. The van der Waals surface area contributed by atoms with E-state index in [-0.39, 0.29) is 0 Å². The Morgan fingerprint density at radius 1 is 1.29 bits per heavy atom.